The second-order valence-corrected chi connectivity index (χ2v) is 3.33. The molecule has 4 nitrogen and oxygen atoms in total. The van der Waals surface area contributed by atoms with Crippen molar-refractivity contribution in [1.29, 1.82) is 0 Å². The van der Waals surface area contributed by atoms with E-state index in [-0.39, 0.29) is 85.2 Å². The number of hydrogen-bond donors (Lipinski definition) is 2. The molecule has 0 aliphatic rings. The molecule has 9 heavy (non-hydrogen) atoms. The fourth-order valence-corrected chi connectivity index (χ4v) is 0. The quantitative estimate of drug-likeness (QED) is 0.403. The summed E-state index contributed by atoms with van der Waals surface area (Å²) in [5.74, 6) is 0. The fraction of sp³-hybridized carbons (Fsp3) is 0. The first-order chi connectivity index (χ1) is 1.41. The van der Waals surface area contributed by atoms with Crippen LogP contribution in [0.5, 0.6) is 0 Å². The summed E-state index contributed by atoms with van der Waals surface area (Å²) in [6, 6.07) is 0. The van der Waals surface area contributed by atoms with Crippen LogP contribution in [0.2, 0.25) is 0 Å². The molecule has 0 aliphatic carbocycles. The zero-order valence-corrected chi connectivity index (χ0v) is 13.3. The summed E-state index contributed by atoms with van der Waals surface area (Å²) in [5, 5.41) is 0. The van der Waals surface area contributed by atoms with E-state index < -0.39 is 16.5 Å². The maximum Gasteiger partial charge on any atom is 1.00 e. The standard InChI is InChI=1S/2ClH.2H3N.2Na.2H2O.Pt.2H/h2*1H;2*1H3;;;2*1H2;;;/q;;;;2*+1;;;+2;2*-1/p-2. The van der Waals surface area contributed by atoms with Gasteiger partial charge in [-0.2, -0.15) is 0 Å². The van der Waals surface area contributed by atoms with Crippen LogP contribution < -0.4 is 71.4 Å². The van der Waals surface area contributed by atoms with Crippen molar-refractivity contribution in [2.24, 2.45) is 0 Å². The minimum Gasteiger partial charge on any atom is -1.00 e. The van der Waals surface area contributed by atoms with Gasteiger partial charge in [-0.05, 0) is 0 Å². The monoisotopic (exact) mass is 383 g/mol. The fourth-order valence-electron chi connectivity index (χ4n) is 0. The number of rotatable bonds is 0. The molecular weight excluding hydrogens is 372 g/mol. The van der Waals surface area contributed by atoms with E-state index in [1.165, 1.54) is 0 Å². The Morgan fingerprint density at radius 3 is 0.889 bits per heavy atom. The van der Waals surface area contributed by atoms with Crippen molar-refractivity contribution in [2.75, 3.05) is 0 Å². The summed E-state index contributed by atoms with van der Waals surface area (Å²) in [4.78, 5) is 0. The Morgan fingerprint density at radius 2 is 0.889 bits per heavy atom. The molecule has 60 valence electrons. The van der Waals surface area contributed by atoms with Crippen molar-refractivity contribution in [2.45, 2.75) is 0 Å². The maximum absolute atomic E-state index is 4.88. The Balaban J connectivity index is -0.000000000714. The van der Waals surface area contributed by atoms with Crippen LogP contribution in [0, 0.1) is 0 Å². The van der Waals surface area contributed by atoms with Gasteiger partial charge in [-0.3, -0.25) is 0 Å². The van der Waals surface area contributed by atoms with Gasteiger partial charge in [-0.15, -0.1) is 0 Å². The number of halogens is 2. The van der Waals surface area contributed by atoms with E-state index in [9.17, 15) is 0 Å². The van der Waals surface area contributed by atoms with Gasteiger partial charge in [-0.25, -0.2) is 0 Å². The van der Waals surface area contributed by atoms with Crippen molar-refractivity contribution in [3.8, 4) is 0 Å². The first kappa shape index (κ1) is 57.3. The third-order valence-corrected chi connectivity index (χ3v) is 0. The molecule has 0 heterocycles. The molecule has 0 aliphatic heterocycles. The molecule has 9 heteroatoms. The SMILES string of the molecule is N.N.O.O.[Cl][Pt][Cl].[H-].[H-].[Na+].[Na+]. The van der Waals surface area contributed by atoms with Gasteiger partial charge in [-0.1, -0.05) is 0 Å². The average Bonchev–Trinajstić information content (AvgIpc) is 0.918. The molecule has 0 saturated heterocycles. The van der Waals surface area contributed by atoms with Gasteiger partial charge in [0.15, 0.2) is 0 Å². The van der Waals surface area contributed by atoms with Gasteiger partial charge >= 0.3 is 94.4 Å². The van der Waals surface area contributed by atoms with Gasteiger partial charge in [0, 0.05) is 0 Å². The van der Waals surface area contributed by atoms with Crippen molar-refractivity contribution in [3.05, 3.63) is 0 Å². The summed E-state index contributed by atoms with van der Waals surface area (Å²) in [6.45, 7) is 0. The Kier molecular flexibility index (Phi) is 428. The first-order valence-corrected chi connectivity index (χ1v) is 5.87. The van der Waals surface area contributed by atoms with Gasteiger partial charge in [0.05, 0.1) is 0 Å². The normalized spacial score (nSPS) is 2.44. The van der Waals surface area contributed by atoms with Crippen LogP contribution in [0.15, 0.2) is 0 Å². The van der Waals surface area contributed by atoms with E-state index in [2.05, 4.69) is 0 Å². The smallest absolute Gasteiger partial charge is 1.00 e. The summed E-state index contributed by atoms with van der Waals surface area (Å²) in [5.41, 5.74) is 0. The summed E-state index contributed by atoms with van der Waals surface area (Å²) in [7, 11) is 9.75. The van der Waals surface area contributed by atoms with Crippen LogP contribution in [0.1, 0.15) is 2.85 Å². The zero-order valence-electron chi connectivity index (χ0n) is 7.49. The molecule has 0 amide bonds. The largest absolute Gasteiger partial charge is 1.00 e. The molecule has 10 N–H and O–H groups in total. The van der Waals surface area contributed by atoms with Crippen molar-refractivity contribution in [1.82, 2.24) is 12.3 Å². The molecule has 0 aromatic carbocycles. The van der Waals surface area contributed by atoms with Crippen LogP contribution in [-0.4, -0.2) is 11.0 Å². The molecule has 0 atom stereocenters. The Labute approximate surface area is 119 Å². The van der Waals surface area contributed by atoms with E-state index in [4.69, 9.17) is 18.8 Å². The molecule has 0 aromatic rings. The van der Waals surface area contributed by atoms with Gasteiger partial charge < -0.3 is 26.1 Å². The van der Waals surface area contributed by atoms with E-state index in [0.29, 0.717) is 0 Å². The van der Waals surface area contributed by atoms with E-state index in [1.54, 1.807) is 0 Å². The maximum atomic E-state index is 4.88. The van der Waals surface area contributed by atoms with Crippen molar-refractivity contribution >= 4 is 18.8 Å². The summed E-state index contributed by atoms with van der Waals surface area (Å²) < 4.78 is 0. The van der Waals surface area contributed by atoms with E-state index >= 15 is 0 Å². The minimum atomic E-state index is -0.472. The van der Waals surface area contributed by atoms with Crippen molar-refractivity contribution < 1.29 is 89.4 Å². The zero-order chi connectivity index (χ0) is 2.71. The second-order valence-electron chi connectivity index (χ2n) is 0.0452. The van der Waals surface area contributed by atoms with Crippen LogP contribution >= 0.6 is 18.8 Å². The van der Waals surface area contributed by atoms with Crippen LogP contribution in [0.3, 0.4) is 0 Å². The molecule has 0 saturated carbocycles. The molecule has 0 unspecified atom stereocenters. The Bertz CT molecular complexity index is 28.1. The molecule has 0 bridgehead atoms. The van der Waals surface area contributed by atoms with Crippen LogP contribution in [0.4, 0.5) is 0 Å². The predicted molar refractivity (Wildman–Crippen MR) is 31.2 cm³/mol. The van der Waals surface area contributed by atoms with Crippen LogP contribution in [-0.2, 0) is 16.5 Å². The molecule has 0 radical (unpaired) electrons. The molecule has 0 spiro atoms. The van der Waals surface area contributed by atoms with Crippen LogP contribution in [0.25, 0.3) is 0 Å². The Hall–Kier alpha value is 3.11. The second kappa shape index (κ2) is 67.2. The minimum absolute atomic E-state index is 0. The third kappa shape index (κ3) is 95.4. The Morgan fingerprint density at radius 1 is 0.889 bits per heavy atom. The number of hydrogen-bond acceptors (Lipinski definition) is 2. The topological polar surface area (TPSA) is 133 Å². The van der Waals surface area contributed by atoms with Gasteiger partial charge in [0.2, 0.25) is 0 Å². The average molecular weight is 384 g/mol. The predicted octanol–water partition coefficient (Wildman–Crippen LogP) is -5.72. The molecule has 0 aromatic heterocycles. The van der Waals surface area contributed by atoms with E-state index in [1.807, 2.05) is 0 Å². The first-order valence-electron chi connectivity index (χ1n) is 0.239. The van der Waals surface area contributed by atoms with Gasteiger partial charge in [0.1, 0.15) is 0 Å². The summed E-state index contributed by atoms with van der Waals surface area (Å²) >= 11 is -0.472. The third-order valence-electron chi connectivity index (χ3n) is 0. The summed E-state index contributed by atoms with van der Waals surface area (Å²) in [6.07, 6.45) is 0. The molecule has 0 fully saturated rings. The van der Waals surface area contributed by atoms with Crippen molar-refractivity contribution in [3.63, 3.8) is 0 Å². The van der Waals surface area contributed by atoms with E-state index in [0.717, 1.165) is 0 Å². The molecular formula is H12Cl2N2Na2O2Pt. The molecule has 0 rings (SSSR count). The van der Waals surface area contributed by atoms with Gasteiger partial charge in [0.25, 0.3) is 0 Å².